The Bertz CT molecular complexity index is 704. The minimum atomic E-state index is -1.14. The van der Waals surface area contributed by atoms with Crippen molar-refractivity contribution in [2.45, 2.75) is 45.4 Å². The summed E-state index contributed by atoms with van der Waals surface area (Å²) in [5, 5.41) is 9.34. The number of rotatable bonds is 4. The third kappa shape index (κ3) is 5.61. The summed E-state index contributed by atoms with van der Waals surface area (Å²) in [5.74, 6) is -1.71. The minimum Gasteiger partial charge on any atom is -0.480 e. The predicted octanol–water partition coefficient (Wildman–Crippen LogP) is 2.75. The predicted molar refractivity (Wildman–Crippen MR) is 93.3 cm³/mol. The lowest BCUT2D eigenvalue weighted by Crippen LogP contribution is -2.43. The Hall–Kier alpha value is -2.83. The summed E-state index contributed by atoms with van der Waals surface area (Å²) in [6, 6.07) is 8.16. The van der Waals surface area contributed by atoms with Gasteiger partial charge in [-0.3, -0.25) is 4.90 Å². The summed E-state index contributed by atoms with van der Waals surface area (Å²) < 4.78 is 10.4. The number of carboxylic acid groups (broad SMARTS) is 1. The van der Waals surface area contributed by atoms with Crippen LogP contribution < -0.4 is 0 Å². The second-order valence-corrected chi connectivity index (χ2v) is 7.06. The number of hydrogen-bond acceptors (Lipinski definition) is 5. The van der Waals surface area contributed by atoms with Crippen molar-refractivity contribution < 1.29 is 29.0 Å². The summed E-state index contributed by atoms with van der Waals surface area (Å²) in [4.78, 5) is 36.7. The van der Waals surface area contributed by atoms with E-state index in [4.69, 9.17) is 9.47 Å². The summed E-state index contributed by atoms with van der Waals surface area (Å²) >= 11 is 0. The van der Waals surface area contributed by atoms with Crippen molar-refractivity contribution in [3.05, 3.63) is 47.5 Å². The van der Waals surface area contributed by atoms with Gasteiger partial charge in [0.25, 0.3) is 0 Å². The zero-order valence-electron chi connectivity index (χ0n) is 15.1. The van der Waals surface area contributed by atoms with Crippen LogP contribution >= 0.6 is 0 Å². The molecule has 1 heterocycles. The van der Waals surface area contributed by atoms with Gasteiger partial charge in [-0.15, -0.1) is 0 Å². The van der Waals surface area contributed by atoms with Gasteiger partial charge in [-0.2, -0.15) is 0 Å². The standard InChI is InChI=1S/C19H23NO6/c1-19(2,3)26-18(24)20-11-14(9-15(20)17(22)23)10-16(21)25-12-13-7-5-4-6-8-13/h4-8,10,15H,9,11-12H2,1-3H3,(H,22,23)/b14-10-. The normalized spacial score (nSPS) is 18.7. The Balaban J connectivity index is 2.01. The molecule has 1 atom stereocenters. The second kappa shape index (κ2) is 8.03. The number of nitrogens with zero attached hydrogens (tertiary/aromatic N) is 1. The quantitative estimate of drug-likeness (QED) is 0.655. The van der Waals surface area contributed by atoms with Crippen molar-refractivity contribution in [2.75, 3.05) is 6.54 Å². The van der Waals surface area contributed by atoms with Crippen molar-refractivity contribution >= 4 is 18.0 Å². The lowest BCUT2D eigenvalue weighted by atomic mass is 10.1. The number of aliphatic carboxylic acids is 1. The number of carbonyl (C=O) groups excluding carboxylic acids is 2. The third-order valence-corrected chi connectivity index (χ3v) is 3.66. The molecule has 1 amide bonds. The maximum absolute atomic E-state index is 12.2. The van der Waals surface area contributed by atoms with Crippen molar-refractivity contribution in [1.29, 1.82) is 0 Å². The van der Waals surface area contributed by atoms with E-state index in [2.05, 4.69) is 0 Å². The fraction of sp³-hybridized carbons (Fsp3) is 0.421. The van der Waals surface area contributed by atoms with Gasteiger partial charge >= 0.3 is 18.0 Å². The number of carboxylic acids is 1. The molecular formula is C19H23NO6. The van der Waals surface area contributed by atoms with Gasteiger partial charge in [0.2, 0.25) is 0 Å². The van der Waals surface area contributed by atoms with Crippen molar-refractivity contribution in [1.82, 2.24) is 4.90 Å². The Kier molecular flexibility index (Phi) is 6.02. The summed E-state index contributed by atoms with van der Waals surface area (Å²) in [6.45, 7) is 5.26. The monoisotopic (exact) mass is 361 g/mol. The number of carbonyl (C=O) groups is 3. The van der Waals surface area contributed by atoms with Gasteiger partial charge in [0.15, 0.2) is 0 Å². The molecule has 1 aromatic rings. The number of ether oxygens (including phenoxy) is 2. The van der Waals surface area contributed by atoms with Crippen molar-refractivity contribution in [3.63, 3.8) is 0 Å². The van der Waals surface area contributed by atoms with Crippen LogP contribution in [0, 0.1) is 0 Å². The number of esters is 1. The molecule has 0 radical (unpaired) electrons. The fourth-order valence-corrected chi connectivity index (χ4v) is 2.53. The molecular weight excluding hydrogens is 338 g/mol. The van der Waals surface area contributed by atoms with Crippen molar-refractivity contribution in [3.8, 4) is 0 Å². The van der Waals surface area contributed by atoms with Gasteiger partial charge in [0.05, 0.1) is 0 Å². The van der Waals surface area contributed by atoms with E-state index in [-0.39, 0.29) is 19.6 Å². The molecule has 1 unspecified atom stereocenters. The van der Waals surface area contributed by atoms with E-state index in [1.807, 2.05) is 30.3 Å². The van der Waals surface area contributed by atoms with E-state index in [1.165, 1.54) is 6.08 Å². The Morgan fingerprint density at radius 1 is 1.23 bits per heavy atom. The Morgan fingerprint density at radius 2 is 1.88 bits per heavy atom. The number of likely N-dealkylation sites (tertiary alicyclic amines) is 1. The molecule has 0 spiro atoms. The molecule has 140 valence electrons. The highest BCUT2D eigenvalue weighted by Crippen LogP contribution is 2.25. The average Bonchev–Trinajstić information content (AvgIpc) is 2.96. The average molecular weight is 361 g/mol. The molecule has 1 fully saturated rings. The summed E-state index contributed by atoms with van der Waals surface area (Å²) in [7, 11) is 0. The number of benzene rings is 1. The van der Waals surface area contributed by atoms with Crippen LogP contribution in [-0.2, 0) is 25.7 Å². The molecule has 0 aromatic heterocycles. The summed E-state index contributed by atoms with van der Waals surface area (Å²) in [6.07, 6.45) is 0.601. The first-order chi connectivity index (χ1) is 12.2. The molecule has 1 aliphatic rings. The van der Waals surface area contributed by atoms with Crippen LogP contribution in [0.1, 0.15) is 32.8 Å². The van der Waals surface area contributed by atoms with Crippen LogP contribution in [0.15, 0.2) is 42.0 Å². The largest absolute Gasteiger partial charge is 0.480 e. The van der Waals surface area contributed by atoms with Crippen LogP contribution in [0.3, 0.4) is 0 Å². The topological polar surface area (TPSA) is 93.1 Å². The van der Waals surface area contributed by atoms with E-state index in [0.717, 1.165) is 10.5 Å². The molecule has 1 aliphatic heterocycles. The van der Waals surface area contributed by atoms with Gasteiger partial charge in [-0.1, -0.05) is 30.3 Å². The van der Waals surface area contributed by atoms with Crippen LogP contribution in [0.25, 0.3) is 0 Å². The van der Waals surface area contributed by atoms with E-state index < -0.39 is 29.7 Å². The smallest absolute Gasteiger partial charge is 0.411 e. The van der Waals surface area contributed by atoms with Crippen molar-refractivity contribution in [2.24, 2.45) is 0 Å². The highest BCUT2D eigenvalue weighted by molar-refractivity contribution is 5.86. The maximum Gasteiger partial charge on any atom is 0.411 e. The molecule has 1 saturated heterocycles. The lowest BCUT2D eigenvalue weighted by molar-refractivity contribution is -0.142. The van der Waals surface area contributed by atoms with Gasteiger partial charge in [0.1, 0.15) is 18.2 Å². The van der Waals surface area contributed by atoms with E-state index in [0.29, 0.717) is 5.57 Å². The van der Waals surface area contributed by atoms with E-state index in [9.17, 15) is 19.5 Å². The molecule has 2 rings (SSSR count). The van der Waals surface area contributed by atoms with Crippen LogP contribution in [0.5, 0.6) is 0 Å². The molecule has 0 aliphatic carbocycles. The summed E-state index contributed by atoms with van der Waals surface area (Å²) in [5.41, 5.74) is 0.632. The first-order valence-electron chi connectivity index (χ1n) is 8.28. The first kappa shape index (κ1) is 19.5. The molecule has 1 aromatic carbocycles. The van der Waals surface area contributed by atoms with Gasteiger partial charge in [-0.05, 0) is 31.9 Å². The fourth-order valence-electron chi connectivity index (χ4n) is 2.53. The zero-order chi connectivity index (χ0) is 19.3. The molecule has 26 heavy (non-hydrogen) atoms. The third-order valence-electron chi connectivity index (χ3n) is 3.66. The van der Waals surface area contributed by atoms with Gasteiger partial charge in [-0.25, -0.2) is 14.4 Å². The van der Waals surface area contributed by atoms with Crippen LogP contribution in [0.4, 0.5) is 4.79 Å². The number of hydrogen-bond donors (Lipinski definition) is 1. The molecule has 0 bridgehead atoms. The van der Waals surface area contributed by atoms with E-state index >= 15 is 0 Å². The molecule has 7 heteroatoms. The molecule has 7 nitrogen and oxygen atoms in total. The minimum absolute atomic E-state index is 0.0202. The first-order valence-corrected chi connectivity index (χ1v) is 8.28. The maximum atomic E-state index is 12.2. The zero-order valence-corrected chi connectivity index (χ0v) is 15.1. The molecule has 0 saturated carbocycles. The lowest BCUT2D eigenvalue weighted by Gasteiger charge is -2.26. The van der Waals surface area contributed by atoms with Crippen LogP contribution in [-0.4, -0.2) is 46.2 Å². The second-order valence-electron chi connectivity index (χ2n) is 7.06. The highest BCUT2D eigenvalue weighted by atomic mass is 16.6. The SMILES string of the molecule is CC(C)(C)OC(=O)N1C/C(=C\C(=O)OCc2ccccc2)CC1C(=O)O. The molecule has 1 N–H and O–H groups in total. The van der Waals surface area contributed by atoms with Gasteiger partial charge < -0.3 is 14.6 Å². The Morgan fingerprint density at radius 3 is 2.46 bits per heavy atom. The number of amides is 1. The van der Waals surface area contributed by atoms with Gasteiger partial charge in [0, 0.05) is 19.0 Å². The highest BCUT2D eigenvalue weighted by Gasteiger charge is 2.39. The van der Waals surface area contributed by atoms with Crippen LogP contribution in [0.2, 0.25) is 0 Å². The Labute approximate surface area is 152 Å². The van der Waals surface area contributed by atoms with E-state index in [1.54, 1.807) is 20.8 Å².